The Morgan fingerprint density at radius 1 is 0.683 bits per heavy atom. The van der Waals surface area contributed by atoms with Crippen LogP contribution >= 0.6 is 0 Å². The van der Waals surface area contributed by atoms with Gasteiger partial charge in [-0.1, -0.05) is 31.9 Å². The Balaban J connectivity index is 1.10. The first-order valence-electron chi connectivity index (χ1n) is 15.6. The fourth-order valence-electron chi connectivity index (χ4n) is 7.98. The molecule has 0 radical (unpaired) electrons. The molecule has 1 nitrogen and oxygen atoms in total. The second kappa shape index (κ2) is 13.0. The first kappa shape index (κ1) is 30.3. The van der Waals surface area contributed by atoms with E-state index in [0.717, 1.165) is 55.6 Å². The topological polar surface area (TPSA) is 9.23 Å². The molecule has 3 saturated carbocycles. The standard InChI is InChI=1S/C34H42F6O/c1-2-3-21-4-6-24(7-5-21)26-14-17-29(30(35)18-26)25-10-8-22(9-11-25)23-12-15-27(16-13-23)34(39,40)41-28-19-31(36)33(38)32(37)20-28/h14,17-25,27H,2-13,15-16H2,1H3. The van der Waals surface area contributed by atoms with Crippen molar-refractivity contribution in [3.05, 3.63) is 64.7 Å². The van der Waals surface area contributed by atoms with Crippen molar-refractivity contribution in [3.8, 4) is 5.75 Å². The van der Waals surface area contributed by atoms with Crippen molar-refractivity contribution in [1.82, 2.24) is 0 Å². The fourth-order valence-corrected chi connectivity index (χ4v) is 7.98. The molecule has 0 N–H and O–H groups in total. The molecule has 0 aliphatic heterocycles. The van der Waals surface area contributed by atoms with E-state index in [0.29, 0.717) is 42.7 Å². The minimum Gasteiger partial charge on any atom is -0.432 e. The van der Waals surface area contributed by atoms with Crippen LogP contribution in [0.25, 0.3) is 0 Å². The predicted molar refractivity (Wildman–Crippen MR) is 148 cm³/mol. The normalized spacial score (nSPS) is 29.3. The minimum atomic E-state index is -3.60. The van der Waals surface area contributed by atoms with Crippen LogP contribution in [0, 0.1) is 46.9 Å². The molecule has 5 rings (SSSR count). The number of hydrogen-bond donors (Lipinski definition) is 0. The second-order valence-electron chi connectivity index (χ2n) is 12.9. The van der Waals surface area contributed by atoms with E-state index in [2.05, 4.69) is 17.7 Å². The highest BCUT2D eigenvalue weighted by Gasteiger charge is 2.45. The highest BCUT2D eigenvalue weighted by Crippen LogP contribution is 2.47. The van der Waals surface area contributed by atoms with Crippen LogP contribution in [0.1, 0.15) is 120 Å². The molecule has 0 aromatic heterocycles. The van der Waals surface area contributed by atoms with Gasteiger partial charge in [-0.15, -0.1) is 0 Å². The van der Waals surface area contributed by atoms with Crippen molar-refractivity contribution >= 4 is 0 Å². The van der Waals surface area contributed by atoms with E-state index in [1.807, 2.05) is 6.07 Å². The first-order chi connectivity index (χ1) is 19.6. The van der Waals surface area contributed by atoms with Gasteiger partial charge in [-0.3, -0.25) is 0 Å². The lowest BCUT2D eigenvalue weighted by molar-refractivity contribution is -0.224. The molecule has 0 saturated heterocycles. The first-order valence-corrected chi connectivity index (χ1v) is 15.6. The van der Waals surface area contributed by atoms with Gasteiger partial charge >= 0.3 is 6.11 Å². The average Bonchev–Trinajstić information content (AvgIpc) is 2.96. The Labute approximate surface area is 240 Å². The van der Waals surface area contributed by atoms with Gasteiger partial charge in [0, 0.05) is 12.1 Å². The zero-order chi connectivity index (χ0) is 29.1. The third-order valence-electron chi connectivity index (χ3n) is 10.4. The molecular weight excluding hydrogens is 538 g/mol. The quantitative estimate of drug-likeness (QED) is 0.223. The minimum absolute atomic E-state index is 0.0784. The highest BCUT2D eigenvalue weighted by molar-refractivity contribution is 5.30. The summed E-state index contributed by atoms with van der Waals surface area (Å²) < 4.78 is 89.6. The zero-order valence-electron chi connectivity index (χ0n) is 23.9. The number of benzene rings is 2. The number of hydrogen-bond acceptors (Lipinski definition) is 1. The lowest BCUT2D eigenvalue weighted by Gasteiger charge is -2.39. The number of ether oxygens (including phenoxy) is 1. The van der Waals surface area contributed by atoms with Gasteiger partial charge < -0.3 is 4.74 Å². The fraction of sp³-hybridized carbons (Fsp3) is 0.647. The van der Waals surface area contributed by atoms with Gasteiger partial charge in [0.1, 0.15) is 11.6 Å². The molecule has 0 spiro atoms. The third kappa shape index (κ3) is 7.07. The highest BCUT2D eigenvalue weighted by atomic mass is 19.3. The van der Waals surface area contributed by atoms with Crippen molar-refractivity contribution in [2.24, 2.45) is 23.7 Å². The summed E-state index contributed by atoms with van der Waals surface area (Å²) >= 11 is 0. The summed E-state index contributed by atoms with van der Waals surface area (Å²) in [4.78, 5) is 0. The maximum Gasteiger partial charge on any atom is 0.400 e. The van der Waals surface area contributed by atoms with E-state index in [9.17, 15) is 22.0 Å². The SMILES string of the molecule is CCCC1CCC(c2ccc(C3CCC(C4CCC(C(F)(F)Oc5cc(F)c(F)c(F)c5)CC4)CC3)c(F)c2)CC1. The maximum absolute atomic E-state index is 15.3. The van der Waals surface area contributed by atoms with E-state index in [4.69, 9.17) is 0 Å². The summed E-state index contributed by atoms with van der Waals surface area (Å²) in [5.74, 6) is -4.44. The molecule has 0 atom stereocenters. The van der Waals surface area contributed by atoms with Crippen LogP contribution in [-0.2, 0) is 0 Å². The van der Waals surface area contributed by atoms with Crippen molar-refractivity contribution in [2.45, 2.75) is 115 Å². The van der Waals surface area contributed by atoms with Gasteiger partial charge in [-0.25, -0.2) is 17.6 Å². The summed E-state index contributed by atoms with van der Waals surface area (Å²) in [5.41, 5.74) is 1.96. The second-order valence-corrected chi connectivity index (χ2v) is 12.9. The molecule has 0 amide bonds. The van der Waals surface area contributed by atoms with Crippen LogP contribution in [0.15, 0.2) is 30.3 Å². The van der Waals surface area contributed by atoms with Crippen LogP contribution in [-0.4, -0.2) is 6.11 Å². The molecule has 3 fully saturated rings. The monoisotopic (exact) mass is 580 g/mol. The predicted octanol–water partition coefficient (Wildman–Crippen LogP) is 11.1. The van der Waals surface area contributed by atoms with Crippen LogP contribution in [0.3, 0.4) is 0 Å². The molecule has 7 heteroatoms. The van der Waals surface area contributed by atoms with E-state index in [1.165, 1.54) is 25.7 Å². The molecule has 41 heavy (non-hydrogen) atoms. The Kier molecular flexibility index (Phi) is 9.60. The third-order valence-corrected chi connectivity index (χ3v) is 10.4. The summed E-state index contributed by atoms with van der Waals surface area (Å²) in [5, 5.41) is 0. The molecular formula is C34H42F6O. The smallest absolute Gasteiger partial charge is 0.400 e. The van der Waals surface area contributed by atoms with Gasteiger partial charge in [0.15, 0.2) is 17.5 Å². The van der Waals surface area contributed by atoms with Gasteiger partial charge in [0.25, 0.3) is 0 Å². The van der Waals surface area contributed by atoms with E-state index >= 15 is 4.39 Å². The van der Waals surface area contributed by atoms with Crippen molar-refractivity contribution in [2.75, 3.05) is 0 Å². The number of rotatable bonds is 8. The maximum atomic E-state index is 15.3. The van der Waals surface area contributed by atoms with Gasteiger partial charge in [-0.2, -0.15) is 8.78 Å². The molecule has 2 aromatic carbocycles. The van der Waals surface area contributed by atoms with Crippen molar-refractivity contribution in [3.63, 3.8) is 0 Å². The van der Waals surface area contributed by atoms with Crippen molar-refractivity contribution in [1.29, 1.82) is 0 Å². The Morgan fingerprint density at radius 2 is 1.24 bits per heavy atom. The summed E-state index contributed by atoms with van der Waals surface area (Å²) in [6.07, 6.45) is 9.23. The van der Waals surface area contributed by atoms with Crippen LogP contribution in [0.2, 0.25) is 0 Å². The Hall–Kier alpha value is -2.18. The molecule has 2 aromatic rings. The van der Waals surface area contributed by atoms with Gasteiger partial charge in [-0.05, 0) is 124 Å². The van der Waals surface area contributed by atoms with E-state index in [-0.39, 0.29) is 24.6 Å². The Bertz CT molecular complexity index is 1130. The van der Waals surface area contributed by atoms with E-state index < -0.39 is 35.2 Å². The van der Waals surface area contributed by atoms with Crippen LogP contribution in [0.4, 0.5) is 26.3 Å². The molecule has 0 heterocycles. The zero-order valence-corrected chi connectivity index (χ0v) is 23.9. The average molecular weight is 581 g/mol. The molecule has 0 bridgehead atoms. The number of halogens is 6. The summed E-state index contributed by atoms with van der Waals surface area (Å²) in [6.45, 7) is 2.24. The van der Waals surface area contributed by atoms with E-state index in [1.54, 1.807) is 6.07 Å². The van der Waals surface area contributed by atoms with Gasteiger partial charge in [0.05, 0.1) is 5.92 Å². The molecule has 0 unspecified atom stereocenters. The largest absolute Gasteiger partial charge is 0.432 e. The Morgan fingerprint density at radius 3 is 1.80 bits per heavy atom. The molecule has 3 aliphatic rings. The summed E-state index contributed by atoms with van der Waals surface area (Å²) in [7, 11) is 0. The lowest BCUT2D eigenvalue weighted by Crippen LogP contribution is -2.38. The van der Waals surface area contributed by atoms with Crippen LogP contribution in [0.5, 0.6) is 5.75 Å². The lowest BCUT2D eigenvalue weighted by atomic mass is 9.68. The molecule has 226 valence electrons. The number of alkyl halides is 2. The van der Waals surface area contributed by atoms with Crippen LogP contribution < -0.4 is 4.74 Å². The summed E-state index contributed by atoms with van der Waals surface area (Å²) in [6, 6.07) is 6.84. The molecule has 3 aliphatic carbocycles. The van der Waals surface area contributed by atoms with Gasteiger partial charge in [0.2, 0.25) is 0 Å². The van der Waals surface area contributed by atoms with Crippen molar-refractivity contribution < 1.29 is 31.1 Å².